The first-order chi connectivity index (χ1) is 5.42. The lowest BCUT2D eigenvalue weighted by Gasteiger charge is -1.86. The number of pyridine rings is 1. The van der Waals surface area contributed by atoms with Crippen molar-refractivity contribution in [2.75, 3.05) is 0 Å². The summed E-state index contributed by atoms with van der Waals surface area (Å²) in [6.07, 6.45) is 4.69. The highest BCUT2D eigenvalue weighted by Crippen LogP contribution is 2.12. The van der Waals surface area contributed by atoms with Gasteiger partial charge in [0.2, 0.25) is 6.29 Å². The molecule has 0 saturated carbocycles. The first-order valence-corrected chi connectivity index (χ1v) is 2.99. The van der Waals surface area contributed by atoms with Crippen LogP contribution >= 0.6 is 0 Å². The molecule has 0 saturated heterocycles. The monoisotopic (exact) mass is 147 g/mol. The number of rotatable bonds is 1. The van der Waals surface area contributed by atoms with Crippen LogP contribution in [0.5, 0.6) is 0 Å². The number of hydrogen-bond donors (Lipinski definition) is 0. The summed E-state index contributed by atoms with van der Waals surface area (Å²) in [7, 11) is 0. The first-order valence-electron chi connectivity index (χ1n) is 2.99. The van der Waals surface area contributed by atoms with Crippen molar-refractivity contribution >= 4 is 17.4 Å². The van der Waals surface area contributed by atoms with Crippen LogP contribution in [0.15, 0.2) is 23.0 Å². The van der Waals surface area contributed by atoms with Gasteiger partial charge < -0.3 is 4.52 Å². The van der Waals surface area contributed by atoms with E-state index in [9.17, 15) is 4.79 Å². The van der Waals surface area contributed by atoms with E-state index in [0.717, 1.165) is 0 Å². The predicted octanol–water partition coefficient (Wildman–Crippen LogP) is 0.681. The lowest BCUT2D eigenvalue weighted by molar-refractivity contribution is 0.448. The van der Waals surface area contributed by atoms with Gasteiger partial charge >= 0.3 is 0 Å². The zero-order valence-corrected chi connectivity index (χ0v) is 5.44. The summed E-state index contributed by atoms with van der Waals surface area (Å²) < 4.78 is 4.72. The summed E-state index contributed by atoms with van der Waals surface area (Å²) in [4.78, 5) is 14.1. The second kappa shape index (κ2) is 2.16. The Morgan fingerprint density at radius 1 is 1.55 bits per heavy atom. The third-order valence-corrected chi connectivity index (χ3v) is 1.38. The van der Waals surface area contributed by atoms with E-state index in [4.69, 9.17) is 4.52 Å². The van der Waals surface area contributed by atoms with Gasteiger partial charge in [-0.25, -0.2) is 4.98 Å². The fourth-order valence-corrected chi connectivity index (χ4v) is 0.870. The minimum Gasteiger partial charge on any atom is -0.336 e. The molecule has 0 fully saturated rings. The Morgan fingerprint density at radius 2 is 2.45 bits per heavy atom. The van der Waals surface area contributed by atoms with Crippen LogP contribution < -0.4 is 0 Å². The van der Waals surface area contributed by atoms with E-state index in [1.165, 1.54) is 12.4 Å². The number of fused-ring (bicyclic) bond motifs is 1. The Balaban J connectivity index is 2.88. The number of carbonyl (C=O) groups excluding carboxylic acids is 1. The summed E-state index contributed by atoms with van der Waals surface area (Å²) in [6.45, 7) is 0. The summed E-state index contributed by atoms with van der Waals surface area (Å²) in [5.74, 6) is 0. The Hall–Kier alpha value is -1.71. The van der Waals surface area contributed by atoms with Gasteiger partial charge in [0.15, 0.2) is 0 Å². The standard InChI is InChI=1S/C7H3N2O2/c10-4-5-1-2-8-7-6(5)3-9-11-7/h1-3H. The topological polar surface area (TPSA) is 56.0 Å². The van der Waals surface area contributed by atoms with Crippen LogP contribution in [0.4, 0.5) is 0 Å². The van der Waals surface area contributed by atoms with E-state index in [1.54, 1.807) is 12.4 Å². The van der Waals surface area contributed by atoms with Crippen molar-refractivity contribution in [2.45, 2.75) is 0 Å². The Bertz CT molecular complexity index is 394. The molecule has 0 N–H and O–H groups in total. The third-order valence-electron chi connectivity index (χ3n) is 1.38. The molecule has 0 aromatic carbocycles. The van der Waals surface area contributed by atoms with Crippen LogP contribution in [0.25, 0.3) is 11.1 Å². The molecule has 0 aliphatic carbocycles. The highest BCUT2D eigenvalue weighted by molar-refractivity contribution is 5.93. The molecule has 0 spiro atoms. The second-order valence-corrected chi connectivity index (χ2v) is 2.01. The first kappa shape index (κ1) is 6.03. The molecule has 53 valence electrons. The molecule has 11 heavy (non-hydrogen) atoms. The highest BCUT2D eigenvalue weighted by Gasteiger charge is 2.03. The van der Waals surface area contributed by atoms with Crippen molar-refractivity contribution in [1.82, 2.24) is 10.1 Å². The second-order valence-electron chi connectivity index (χ2n) is 2.01. The number of hydrogen-bond acceptors (Lipinski definition) is 4. The normalized spacial score (nSPS) is 10.2. The van der Waals surface area contributed by atoms with Gasteiger partial charge in [0.25, 0.3) is 5.71 Å². The van der Waals surface area contributed by atoms with E-state index in [2.05, 4.69) is 10.1 Å². The molecule has 0 amide bonds. The Kier molecular flexibility index (Phi) is 1.18. The van der Waals surface area contributed by atoms with Crippen molar-refractivity contribution in [3.8, 4) is 0 Å². The Labute approximate surface area is 61.8 Å². The van der Waals surface area contributed by atoms with Gasteiger partial charge in [-0.2, -0.15) is 0 Å². The predicted molar refractivity (Wildman–Crippen MR) is 36.6 cm³/mol. The van der Waals surface area contributed by atoms with Gasteiger partial charge in [-0.05, 0) is 6.07 Å². The van der Waals surface area contributed by atoms with Crippen LogP contribution in [0.3, 0.4) is 0 Å². The van der Waals surface area contributed by atoms with Crippen molar-refractivity contribution < 1.29 is 9.32 Å². The maximum atomic E-state index is 10.3. The largest absolute Gasteiger partial charge is 0.336 e. The zero-order valence-electron chi connectivity index (χ0n) is 5.44. The van der Waals surface area contributed by atoms with E-state index in [1.807, 2.05) is 0 Å². The molecular formula is C7H3N2O2. The molecule has 2 heterocycles. The highest BCUT2D eigenvalue weighted by atomic mass is 16.5. The lowest BCUT2D eigenvalue weighted by Crippen LogP contribution is -1.81. The molecule has 0 bridgehead atoms. The molecule has 4 nitrogen and oxygen atoms in total. The van der Waals surface area contributed by atoms with E-state index >= 15 is 0 Å². The molecule has 2 rings (SSSR count). The van der Waals surface area contributed by atoms with E-state index in [-0.39, 0.29) is 0 Å². The molecule has 0 aliphatic rings. The van der Waals surface area contributed by atoms with Crippen molar-refractivity contribution in [3.63, 3.8) is 0 Å². The van der Waals surface area contributed by atoms with Gasteiger partial charge in [0.05, 0.1) is 11.6 Å². The van der Waals surface area contributed by atoms with Crippen LogP contribution in [0.2, 0.25) is 0 Å². The van der Waals surface area contributed by atoms with Crippen molar-refractivity contribution in [3.05, 3.63) is 24.0 Å². The average molecular weight is 147 g/mol. The quantitative estimate of drug-likeness (QED) is 0.595. The molecule has 2 aromatic heterocycles. The van der Waals surface area contributed by atoms with E-state index in [0.29, 0.717) is 16.7 Å². The number of nitrogens with zero attached hydrogens (tertiary/aromatic N) is 2. The molecule has 0 atom stereocenters. The summed E-state index contributed by atoms with van der Waals surface area (Å²) in [6, 6.07) is 1.56. The van der Waals surface area contributed by atoms with Crippen molar-refractivity contribution in [1.29, 1.82) is 0 Å². The van der Waals surface area contributed by atoms with E-state index < -0.39 is 0 Å². The van der Waals surface area contributed by atoms with Crippen LogP contribution in [-0.4, -0.2) is 16.4 Å². The zero-order chi connectivity index (χ0) is 7.68. The SMILES string of the molecule is O=[C]c1ccnc2oncc12. The maximum Gasteiger partial charge on any atom is 0.258 e. The minimum absolute atomic E-state index is 0.367. The molecule has 0 aliphatic heterocycles. The fraction of sp³-hybridized carbons (Fsp3) is 0. The summed E-state index contributed by atoms with van der Waals surface area (Å²) in [5, 5.41) is 4.09. The van der Waals surface area contributed by atoms with Gasteiger partial charge in [-0.15, -0.1) is 0 Å². The molecule has 1 radical (unpaired) electrons. The van der Waals surface area contributed by atoms with Gasteiger partial charge in [0, 0.05) is 11.8 Å². The maximum absolute atomic E-state index is 10.3. The van der Waals surface area contributed by atoms with Crippen LogP contribution in [-0.2, 0) is 4.79 Å². The van der Waals surface area contributed by atoms with Crippen LogP contribution in [0, 0.1) is 0 Å². The molecule has 0 unspecified atom stereocenters. The van der Waals surface area contributed by atoms with Crippen LogP contribution in [0.1, 0.15) is 5.56 Å². The summed E-state index contributed by atoms with van der Waals surface area (Å²) >= 11 is 0. The fourth-order valence-electron chi connectivity index (χ4n) is 0.870. The molecule has 2 aromatic rings. The third kappa shape index (κ3) is 0.797. The van der Waals surface area contributed by atoms with Gasteiger partial charge in [-0.1, -0.05) is 5.16 Å². The van der Waals surface area contributed by atoms with Gasteiger partial charge in [-0.3, -0.25) is 4.79 Å². The molecule has 4 heteroatoms. The van der Waals surface area contributed by atoms with Gasteiger partial charge in [0.1, 0.15) is 0 Å². The lowest BCUT2D eigenvalue weighted by atomic mass is 10.2. The smallest absolute Gasteiger partial charge is 0.258 e. The average Bonchev–Trinajstić information content (AvgIpc) is 2.50. The Morgan fingerprint density at radius 3 is 3.27 bits per heavy atom. The molecular weight excluding hydrogens is 144 g/mol. The minimum atomic E-state index is 0.367. The number of aromatic nitrogens is 2. The summed E-state index contributed by atoms with van der Waals surface area (Å²) in [5.41, 5.74) is 0.794. The van der Waals surface area contributed by atoms with Crippen molar-refractivity contribution in [2.24, 2.45) is 0 Å².